The van der Waals surface area contributed by atoms with Gasteiger partial charge in [0.1, 0.15) is 11.8 Å². The summed E-state index contributed by atoms with van der Waals surface area (Å²) in [4.78, 5) is 37.0. The van der Waals surface area contributed by atoms with Crippen LogP contribution in [0.5, 0.6) is 5.75 Å². The second-order valence-corrected chi connectivity index (χ2v) is 8.35. The Morgan fingerprint density at radius 2 is 1.87 bits per heavy atom. The molecule has 1 heterocycles. The van der Waals surface area contributed by atoms with Crippen LogP contribution in [0.4, 0.5) is 0 Å². The Labute approximate surface area is 180 Å². The quantitative estimate of drug-likeness (QED) is 0.639. The zero-order chi connectivity index (χ0) is 22.6. The van der Waals surface area contributed by atoms with Crippen LogP contribution in [0.25, 0.3) is 11.1 Å². The summed E-state index contributed by atoms with van der Waals surface area (Å²) in [5, 5.41) is 0.413. The predicted molar refractivity (Wildman–Crippen MR) is 116 cm³/mol. The number of nitrogens with zero attached hydrogens (tertiary/aromatic N) is 1. The van der Waals surface area contributed by atoms with Gasteiger partial charge in [-0.3, -0.25) is 19.0 Å². The number of benzene rings is 1. The maximum absolute atomic E-state index is 12.9. The number of hydrogen-bond donors (Lipinski definition) is 1. The number of pyridine rings is 1. The normalized spacial score (nSPS) is 12.5. The van der Waals surface area contributed by atoms with E-state index in [1.807, 2.05) is 20.8 Å². The molecule has 1 amide bonds. The number of carbonyl (C=O) groups is 2. The third-order valence-corrected chi connectivity index (χ3v) is 4.74. The molecule has 0 aliphatic carbocycles. The van der Waals surface area contributed by atoms with Crippen molar-refractivity contribution in [3.63, 3.8) is 0 Å². The molecular weight excluding hydrogens is 408 g/mol. The first-order valence-corrected chi connectivity index (χ1v) is 9.86. The van der Waals surface area contributed by atoms with E-state index in [1.165, 1.54) is 30.9 Å². The summed E-state index contributed by atoms with van der Waals surface area (Å²) < 4.78 is 12.4. The van der Waals surface area contributed by atoms with Crippen molar-refractivity contribution < 1.29 is 19.1 Å². The van der Waals surface area contributed by atoms with E-state index in [4.69, 9.17) is 26.8 Å². The second kappa shape index (κ2) is 9.45. The van der Waals surface area contributed by atoms with Crippen LogP contribution < -0.4 is 16.0 Å². The summed E-state index contributed by atoms with van der Waals surface area (Å²) in [6, 6.07) is 5.21. The first-order valence-electron chi connectivity index (χ1n) is 9.49. The molecule has 0 aliphatic heterocycles. The van der Waals surface area contributed by atoms with Crippen molar-refractivity contribution in [2.75, 3.05) is 13.7 Å². The molecule has 1 atom stereocenters. The lowest BCUT2D eigenvalue weighted by atomic mass is 9.97. The molecular formula is C22H27ClN2O5. The minimum absolute atomic E-state index is 0.178. The fourth-order valence-electron chi connectivity index (χ4n) is 3.09. The van der Waals surface area contributed by atoms with Gasteiger partial charge >= 0.3 is 0 Å². The van der Waals surface area contributed by atoms with Crippen molar-refractivity contribution in [2.24, 2.45) is 5.73 Å². The minimum atomic E-state index is -0.908. The van der Waals surface area contributed by atoms with Crippen molar-refractivity contribution in [3.05, 3.63) is 51.4 Å². The van der Waals surface area contributed by atoms with E-state index in [0.29, 0.717) is 27.5 Å². The second-order valence-electron chi connectivity index (χ2n) is 7.91. The van der Waals surface area contributed by atoms with Crippen molar-refractivity contribution in [1.29, 1.82) is 0 Å². The van der Waals surface area contributed by atoms with Crippen molar-refractivity contribution in [1.82, 2.24) is 4.57 Å². The number of ketones is 1. The average Bonchev–Trinajstić information content (AvgIpc) is 2.64. The summed E-state index contributed by atoms with van der Waals surface area (Å²) in [6.07, 6.45) is 1.65. The standard InChI is InChI=1S/C22H27ClN2O5/c1-13(26)15-7-6-14(23)10-16(15)17-11-20(27)25(12-19(17)29-5)18(21(24)28)8-9-30-22(2,3)4/h6-7,10-12,18H,8-9H2,1-5H3,(H2,24,28). The minimum Gasteiger partial charge on any atom is -0.495 e. The first kappa shape index (κ1) is 23.6. The number of primary amides is 1. The summed E-state index contributed by atoms with van der Waals surface area (Å²) in [6.45, 7) is 7.37. The van der Waals surface area contributed by atoms with Gasteiger partial charge in [0.2, 0.25) is 5.91 Å². The molecule has 7 nitrogen and oxygen atoms in total. The maximum atomic E-state index is 12.9. The van der Waals surface area contributed by atoms with Crippen LogP contribution in [0, 0.1) is 0 Å². The first-order chi connectivity index (χ1) is 13.9. The Bertz CT molecular complexity index is 1010. The number of hydrogen-bond acceptors (Lipinski definition) is 5. The largest absolute Gasteiger partial charge is 0.495 e. The van der Waals surface area contributed by atoms with Crippen LogP contribution in [0.15, 0.2) is 35.3 Å². The zero-order valence-electron chi connectivity index (χ0n) is 17.8. The highest BCUT2D eigenvalue weighted by atomic mass is 35.5. The highest BCUT2D eigenvalue weighted by molar-refractivity contribution is 6.31. The Morgan fingerprint density at radius 3 is 2.40 bits per heavy atom. The van der Waals surface area contributed by atoms with E-state index in [0.717, 1.165) is 0 Å². The molecule has 2 rings (SSSR count). The van der Waals surface area contributed by atoms with Crippen LogP contribution in [0.3, 0.4) is 0 Å². The lowest BCUT2D eigenvalue weighted by Gasteiger charge is -2.23. The zero-order valence-corrected chi connectivity index (χ0v) is 18.6. The van der Waals surface area contributed by atoms with Gasteiger partial charge in [0.15, 0.2) is 5.78 Å². The number of ether oxygens (including phenoxy) is 2. The van der Waals surface area contributed by atoms with Crippen LogP contribution in [-0.2, 0) is 9.53 Å². The highest BCUT2D eigenvalue weighted by Gasteiger charge is 2.23. The van der Waals surface area contributed by atoms with E-state index in [2.05, 4.69) is 0 Å². The van der Waals surface area contributed by atoms with Crippen molar-refractivity contribution in [2.45, 2.75) is 45.8 Å². The molecule has 2 aromatic rings. The van der Waals surface area contributed by atoms with Gasteiger partial charge in [0, 0.05) is 35.2 Å². The van der Waals surface area contributed by atoms with Crippen LogP contribution in [0.2, 0.25) is 5.02 Å². The molecule has 0 fully saturated rings. The number of methoxy groups -OCH3 is 1. The fraction of sp³-hybridized carbons (Fsp3) is 0.409. The van der Waals surface area contributed by atoms with E-state index in [9.17, 15) is 14.4 Å². The lowest BCUT2D eigenvalue weighted by Crippen LogP contribution is -2.35. The molecule has 1 unspecified atom stereocenters. The number of carbonyl (C=O) groups excluding carboxylic acids is 2. The summed E-state index contributed by atoms with van der Waals surface area (Å²) in [5.41, 5.74) is 5.99. The molecule has 1 aromatic heterocycles. The lowest BCUT2D eigenvalue weighted by molar-refractivity contribution is -0.122. The van der Waals surface area contributed by atoms with Gasteiger partial charge in [-0.2, -0.15) is 0 Å². The Hall–Kier alpha value is -2.64. The molecule has 30 heavy (non-hydrogen) atoms. The van der Waals surface area contributed by atoms with Gasteiger partial charge < -0.3 is 15.2 Å². The van der Waals surface area contributed by atoms with Gasteiger partial charge in [0.25, 0.3) is 5.56 Å². The van der Waals surface area contributed by atoms with Crippen LogP contribution in [-0.4, -0.2) is 35.6 Å². The Morgan fingerprint density at radius 1 is 1.20 bits per heavy atom. The van der Waals surface area contributed by atoms with E-state index in [1.54, 1.807) is 18.2 Å². The third-order valence-electron chi connectivity index (χ3n) is 4.51. The SMILES string of the molecule is COc1cn(C(CCOC(C)(C)C)C(N)=O)c(=O)cc1-c1cc(Cl)ccc1C(C)=O. The molecule has 0 saturated carbocycles. The average molecular weight is 435 g/mol. The third kappa shape index (κ3) is 5.70. The smallest absolute Gasteiger partial charge is 0.252 e. The number of nitrogens with two attached hydrogens (primary N) is 1. The van der Waals surface area contributed by atoms with E-state index < -0.39 is 17.5 Å². The van der Waals surface area contributed by atoms with Crippen LogP contribution >= 0.6 is 11.6 Å². The highest BCUT2D eigenvalue weighted by Crippen LogP contribution is 2.34. The number of Topliss-reactive ketones (excluding diaryl/α,β-unsaturated/α-hetero) is 1. The van der Waals surface area contributed by atoms with Gasteiger partial charge in [0.05, 0.1) is 18.9 Å². The molecule has 0 spiro atoms. The topological polar surface area (TPSA) is 101 Å². The molecule has 8 heteroatoms. The monoisotopic (exact) mass is 434 g/mol. The van der Waals surface area contributed by atoms with Gasteiger partial charge in [-0.25, -0.2) is 0 Å². The van der Waals surface area contributed by atoms with Crippen molar-refractivity contribution in [3.8, 4) is 16.9 Å². The van der Waals surface area contributed by atoms with Crippen LogP contribution in [0.1, 0.15) is 50.5 Å². The molecule has 0 bridgehead atoms. The Kier molecular flexibility index (Phi) is 7.44. The summed E-state index contributed by atoms with van der Waals surface area (Å²) in [5.74, 6) is -0.527. The molecule has 162 valence electrons. The van der Waals surface area contributed by atoms with Gasteiger partial charge in [-0.05, 0) is 51.5 Å². The molecule has 0 aliphatic rings. The van der Waals surface area contributed by atoms with Gasteiger partial charge in [-0.1, -0.05) is 11.6 Å². The van der Waals surface area contributed by atoms with E-state index in [-0.39, 0.29) is 24.4 Å². The van der Waals surface area contributed by atoms with Gasteiger partial charge in [-0.15, -0.1) is 0 Å². The fourth-order valence-corrected chi connectivity index (χ4v) is 3.26. The molecule has 1 aromatic carbocycles. The molecule has 2 N–H and O–H groups in total. The van der Waals surface area contributed by atoms with Crippen molar-refractivity contribution >= 4 is 23.3 Å². The summed E-state index contributed by atoms with van der Waals surface area (Å²) >= 11 is 6.11. The number of rotatable bonds is 8. The maximum Gasteiger partial charge on any atom is 0.252 e. The Balaban J connectivity index is 2.55. The number of aromatic nitrogens is 1. The van der Waals surface area contributed by atoms with E-state index >= 15 is 0 Å². The number of halogens is 1. The predicted octanol–water partition coefficient (Wildman–Crippen LogP) is 3.61. The summed E-state index contributed by atoms with van der Waals surface area (Å²) in [7, 11) is 1.44. The molecule has 0 saturated heterocycles. The number of amides is 1. The molecule has 0 radical (unpaired) electrons.